The lowest BCUT2D eigenvalue weighted by molar-refractivity contribution is -0.385. The van der Waals surface area contributed by atoms with E-state index in [1.165, 1.54) is 12.4 Å². The first-order chi connectivity index (χ1) is 8.59. The van der Waals surface area contributed by atoms with E-state index in [-0.39, 0.29) is 5.69 Å². The molecule has 2 rings (SSSR count). The SMILES string of the molecule is Cc1c(Oc2ncncc2I)cccc1[N+](=O)[O-]. The van der Waals surface area contributed by atoms with Gasteiger partial charge in [0.1, 0.15) is 12.1 Å². The van der Waals surface area contributed by atoms with Crippen molar-refractivity contribution in [2.75, 3.05) is 0 Å². The van der Waals surface area contributed by atoms with Gasteiger partial charge < -0.3 is 4.74 Å². The Balaban J connectivity index is 2.39. The normalized spacial score (nSPS) is 10.1. The summed E-state index contributed by atoms with van der Waals surface area (Å²) < 4.78 is 6.30. The smallest absolute Gasteiger partial charge is 0.276 e. The predicted octanol–water partition coefficient (Wildman–Crippen LogP) is 3.09. The largest absolute Gasteiger partial charge is 0.437 e. The van der Waals surface area contributed by atoms with E-state index in [0.717, 1.165) is 3.57 Å². The Morgan fingerprint density at radius 2 is 2.22 bits per heavy atom. The monoisotopic (exact) mass is 357 g/mol. The molecular weight excluding hydrogens is 349 g/mol. The summed E-state index contributed by atoms with van der Waals surface area (Å²) in [5.74, 6) is 0.801. The van der Waals surface area contributed by atoms with Crippen LogP contribution in [0.3, 0.4) is 0 Å². The molecule has 0 radical (unpaired) electrons. The van der Waals surface area contributed by atoms with Gasteiger partial charge in [0.25, 0.3) is 5.69 Å². The van der Waals surface area contributed by atoms with Crippen LogP contribution in [0.15, 0.2) is 30.7 Å². The fourth-order valence-corrected chi connectivity index (χ4v) is 1.80. The van der Waals surface area contributed by atoms with Crippen LogP contribution in [0.1, 0.15) is 5.56 Å². The summed E-state index contributed by atoms with van der Waals surface area (Å²) in [6.07, 6.45) is 2.97. The highest BCUT2D eigenvalue weighted by molar-refractivity contribution is 14.1. The maximum atomic E-state index is 10.8. The number of halogens is 1. The zero-order valence-corrected chi connectivity index (χ0v) is 11.5. The van der Waals surface area contributed by atoms with E-state index in [1.807, 2.05) is 22.6 Å². The van der Waals surface area contributed by atoms with E-state index in [9.17, 15) is 10.1 Å². The van der Waals surface area contributed by atoms with Crippen molar-refractivity contribution < 1.29 is 9.66 Å². The summed E-state index contributed by atoms with van der Waals surface area (Å²) in [7, 11) is 0. The van der Waals surface area contributed by atoms with Gasteiger partial charge in [-0.15, -0.1) is 0 Å². The highest BCUT2D eigenvalue weighted by Crippen LogP contribution is 2.31. The third-order valence-electron chi connectivity index (χ3n) is 2.29. The van der Waals surface area contributed by atoms with Gasteiger partial charge in [-0.3, -0.25) is 10.1 Å². The molecule has 18 heavy (non-hydrogen) atoms. The number of rotatable bonds is 3. The molecule has 7 heteroatoms. The third-order valence-corrected chi connectivity index (χ3v) is 3.03. The van der Waals surface area contributed by atoms with Gasteiger partial charge in [-0.05, 0) is 35.6 Å². The van der Waals surface area contributed by atoms with Crippen LogP contribution >= 0.6 is 22.6 Å². The average molecular weight is 357 g/mol. The van der Waals surface area contributed by atoms with Gasteiger partial charge in [0, 0.05) is 12.3 Å². The van der Waals surface area contributed by atoms with Gasteiger partial charge in [0.2, 0.25) is 5.88 Å². The Morgan fingerprint density at radius 1 is 1.44 bits per heavy atom. The molecule has 0 fully saturated rings. The molecule has 0 saturated carbocycles. The molecule has 0 aliphatic heterocycles. The van der Waals surface area contributed by atoms with Crippen LogP contribution in [0.25, 0.3) is 0 Å². The summed E-state index contributed by atoms with van der Waals surface area (Å²) in [4.78, 5) is 18.2. The molecule has 0 unspecified atom stereocenters. The van der Waals surface area contributed by atoms with Crippen LogP contribution in [0.2, 0.25) is 0 Å². The third kappa shape index (κ3) is 2.55. The standard InChI is InChI=1S/C11H8IN3O3/c1-7-9(15(16)17)3-2-4-10(7)18-11-8(12)5-13-6-14-11/h2-6H,1H3. The number of ether oxygens (including phenoxy) is 1. The molecule has 0 spiro atoms. The highest BCUT2D eigenvalue weighted by Gasteiger charge is 2.15. The minimum absolute atomic E-state index is 0.0246. The summed E-state index contributed by atoms with van der Waals surface area (Å²) >= 11 is 2.04. The maximum absolute atomic E-state index is 10.8. The quantitative estimate of drug-likeness (QED) is 0.479. The second-order valence-electron chi connectivity index (χ2n) is 3.44. The first-order valence-electron chi connectivity index (χ1n) is 4.97. The van der Waals surface area contributed by atoms with Gasteiger partial charge in [0.05, 0.1) is 14.1 Å². The molecule has 0 aliphatic carbocycles. The van der Waals surface area contributed by atoms with Crippen LogP contribution in [-0.2, 0) is 0 Å². The molecule has 1 aromatic heterocycles. The molecule has 92 valence electrons. The van der Waals surface area contributed by atoms with Crippen molar-refractivity contribution in [2.24, 2.45) is 0 Å². The van der Waals surface area contributed by atoms with E-state index in [0.29, 0.717) is 17.2 Å². The lowest BCUT2D eigenvalue weighted by Crippen LogP contribution is -1.97. The van der Waals surface area contributed by atoms with Gasteiger partial charge in [-0.1, -0.05) is 6.07 Å². The zero-order valence-electron chi connectivity index (χ0n) is 9.33. The van der Waals surface area contributed by atoms with Crippen molar-refractivity contribution in [3.63, 3.8) is 0 Å². The average Bonchev–Trinajstić information content (AvgIpc) is 2.34. The molecule has 0 amide bonds. The summed E-state index contributed by atoms with van der Waals surface area (Å²) in [6.45, 7) is 1.64. The lowest BCUT2D eigenvalue weighted by atomic mass is 10.2. The van der Waals surface area contributed by atoms with Crippen molar-refractivity contribution in [1.29, 1.82) is 0 Å². The number of aromatic nitrogens is 2. The summed E-state index contributed by atoms with van der Waals surface area (Å²) in [5.41, 5.74) is 0.494. The molecular formula is C11H8IN3O3. The van der Waals surface area contributed by atoms with E-state index in [1.54, 1.807) is 25.3 Å². The number of hydrogen-bond acceptors (Lipinski definition) is 5. The molecule has 0 atom stereocenters. The van der Waals surface area contributed by atoms with Crippen LogP contribution in [0.4, 0.5) is 5.69 Å². The van der Waals surface area contributed by atoms with Gasteiger partial charge in [-0.2, -0.15) is 0 Å². The fraction of sp³-hybridized carbons (Fsp3) is 0.0909. The van der Waals surface area contributed by atoms with Crippen molar-refractivity contribution in [2.45, 2.75) is 6.92 Å². The molecule has 1 aromatic carbocycles. The summed E-state index contributed by atoms with van der Waals surface area (Å²) in [5, 5.41) is 10.8. The lowest BCUT2D eigenvalue weighted by Gasteiger charge is -2.08. The van der Waals surface area contributed by atoms with Crippen LogP contribution in [0, 0.1) is 20.6 Å². The number of hydrogen-bond donors (Lipinski definition) is 0. The Labute approximate surface area is 116 Å². The first kappa shape index (κ1) is 12.7. The number of nitro groups is 1. The Kier molecular flexibility index (Phi) is 3.70. The van der Waals surface area contributed by atoms with Crippen molar-refractivity contribution in [1.82, 2.24) is 9.97 Å². The number of nitro benzene ring substituents is 1. The number of nitrogens with zero attached hydrogens (tertiary/aromatic N) is 3. The molecule has 2 aromatic rings. The number of benzene rings is 1. The molecule has 0 saturated heterocycles. The minimum atomic E-state index is -0.437. The Hall–Kier alpha value is -1.77. The molecule has 0 bridgehead atoms. The Morgan fingerprint density at radius 3 is 2.89 bits per heavy atom. The highest BCUT2D eigenvalue weighted by atomic mass is 127. The van der Waals surface area contributed by atoms with E-state index in [4.69, 9.17) is 4.74 Å². The topological polar surface area (TPSA) is 78.2 Å². The van der Waals surface area contributed by atoms with Crippen LogP contribution in [0.5, 0.6) is 11.6 Å². The van der Waals surface area contributed by atoms with E-state index >= 15 is 0 Å². The van der Waals surface area contributed by atoms with Gasteiger partial charge in [0.15, 0.2) is 0 Å². The molecule has 6 nitrogen and oxygen atoms in total. The van der Waals surface area contributed by atoms with Crippen molar-refractivity contribution in [3.8, 4) is 11.6 Å². The van der Waals surface area contributed by atoms with Gasteiger partial charge >= 0.3 is 0 Å². The van der Waals surface area contributed by atoms with Crippen LogP contribution < -0.4 is 4.74 Å². The summed E-state index contributed by atoms with van der Waals surface area (Å²) in [6, 6.07) is 4.68. The molecule has 0 aliphatic rings. The Bertz CT molecular complexity index is 604. The van der Waals surface area contributed by atoms with Crippen LogP contribution in [-0.4, -0.2) is 14.9 Å². The molecule has 0 N–H and O–H groups in total. The fourth-order valence-electron chi connectivity index (χ4n) is 1.39. The first-order valence-corrected chi connectivity index (χ1v) is 6.05. The minimum Gasteiger partial charge on any atom is -0.437 e. The van der Waals surface area contributed by atoms with Crippen molar-refractivity contribution in [3.05, 3.63) is 50.0 Å². The second kappa shape index (κ2) is 5.25. The second-order valence-corrected chi connectivity index (χ2v) is 4.60. The predicted molar refractivity (Wildman–Crippen MR) is 72.7 cm³/mol. The van der Waals surface area contributed by atoms with Gasteiger partial charge in [-0.25, -0.2) is 9.97 Å². The van der Waals surface area contributed by atoms with Crippen molar-refractivity contribution >= 4 is 28.3 Å². The zero-order chi connectivity index (χ0) is 13.1. The molecule has 1 heterocycles. The maximum Gasteiger partial charge on any atom is 0.276 e. The van der Waals surface area contributed by atoms with E-state index in [2.05, 4.69) is 9.97 Å². The van der Waals surface area contributed by atoms with E-state index < -0.39 is 4.92 Å².